The van der Waals surface area contributed by atoms with Crippen LogP contribution in [0.4, 0.5) is 0 Å². The molecule has 1 N–H and O–H groups in total. The van der Waals surface area contributed by atoms with E-state index in [0.717, 1.165) is 23.2 Å². The first-order valence-corrected chi connectivity index (χ1v) is 10.8. The number of hydrogen-bond acceptors (Lipinski definition) is 1. The van der Waals surface area contributed by atoms with Gasteiger partial charge in [0.05, 0.1) is 16.1 Å². The smallest absolute Gasteiger partial charge is 0.254 e. The first-order valence-electron chi connectivity index (χ1n) is 9.64. The van der Waals surface area contributed by atoms with Crippen molar-refractivity contribution in [2.75, 3.05) is 6.54 Å². The number of nitrogens with one attached hydrogen (secondary N) is 1. The minimum Gasteiger partial charge on any atom is -0.356 e. The maximum atomic E-state index is 13.5. The summed E-state index contributed by atoms with van der Waals surface area (Å²) >= 11 is 18.4. The molecule has 1 amide bonds. The minimum absolute atomic E-state index is 0.0853. The van der Waals surface area contributed by atoms with E-state index in [2.05, 4.69) is 17.1 Å². The second-order valence-corrected chi connectivity index (χ2v) is 8.65. The monoisotopic (exact) mass is 454 g/mol. The van der Waals surface area contributed by atoms with Gasteiger partial charge in [-0.3, -0.25) is 4.79 Å². The number of hydrogen-bond donors (Lipinski definition) is 1. The van der Waals surface area contributed by atoms with E-state index in [4.69, 9.17) is 34.8 Å². The summed E-state index contributed by atoms with van der Waals surface area (Å²) in [5, 5.41) is 2.66. The normalized spacial score (nSPS) is 16.0. The number of nitrogens with zero attached hydrogens (tertiary/aromatic N) is 1. The van der Waals surface area contributed by atoms with Gasteiger partial charge in [-0.15, -0.1) is 0 Å². The average molecular weight is 456 g/mol. The second-order valence-electron chi connectivity index (χ2n) is 7.39. The van der Waals surface area contributed by atoms with Crippen molar-refractivity contribution in [3.8, 4) is 0 Å². The van der Waals surface area contributed by atoms with Gasteiger partial charge in [0.2, 0.25) is 0 Å². The average Bonchev–Trinajstić information content (AvgIpc) is 3.14. The van der Waals surface area contributed by atoms with Crippen molar-refractivity contribution < 1.29 is 4.79 Å². The molecule has 6 heteroatoms. The number of aromatic amines is 1. The summed E-state index contributed by atoms with van der Waals surface area (Å²) in [6, 6.07) is 20.7. The standard InChI is InChI=1S/C24H17Cl3N2O/c25-16-8-5-14(6-9-16)23-22-18(17-3-1-2-4-21(17)28-22)11-12-29(23)24(30)15-7-10-19(26)20(27)13-15/h1-10,13,23,28H,11-12H2/t23-/m0/s1. The number of carbonyl (C=O) groups is 1. The van der Waals surface area contributed by atoms with Crippen LogP contribution in [-0.2, 0) is 6.42 Å². The molecular formula is C24H17Cl3N2O. The zero-order valence-corrected chi connectivity index (χ0v) is 18.1. The summed E-state index contributed by atoms with van der Waals surface area (Å²) in [6.07, 6.45) is 0.774. The van der Waals surface area contributed by atoms with E-state index in [1.54, 1.807) is 18.2 Å². The van der Waals surface area contributed by atoms with Crippen molar-refractivity contribution in [2.45, 2.75) is 12.5 Å². The van der Waals surface area contributed by atoms with Gasteiger partial charge in [0.1, 0.15) is 0 Å². The molecule has 0 spiro atoms. The highest BCUT2D eigenvalue weighted by Gasteiger charge is 2.35. The number of carbonyl (C=O) groups excluding carboxylic acids is 1. The number of fused-ring (bicyclic) bond motifs is 3. The third-order valence-electron chi connectivity index (χ3n) is 5.65. The lowest BCUT2D eigenvalue weighted by Gasteiger charge is -2.36. The summed E-state index contributed by atoms with van der Waals surface area (Å²) < 4.78 is 0. The van der Waals surface area contributed by atoms with Crippen LogP contribution in [0.25, 0.3) is 10.9 Å². The van der Waals surface area contributed by atoms with Crippen LogP contribution in [0.1, 0.15) is 33.2 Å². The molecule has 3 nitrogen and oxygen atoms in total. The maximum absolute atomic E-state index is 13.5. The van der Waals surface area contributed by atoms with Gasteiger partial charge >= 0.3 is 0 Å². The van der Waals surface area contributed by atoms with Gasteiger partial charge in [-0.05, 0) is 53.9 Å². The quantitative estimate of drug-likeness (QED) is 0.350. The number of halogens is 3. The van der Waals surface area contributed by atoms with Crippen molar-refractivity contribution in [3.63, 3.8) is 0 Å². The fourth-order valence-corrected chi connectivity index (χ4v) is 4.67. The molecule has 3 aromatic carbocycles. The van der Waals surface area contributed by atoms with Crippen LogP contribution < -0.4 is 0 Å². The topological polar surface area (TPSA) is 36.1 Å². The lowest BCUT2D eigenvalue weighted by Crippen LogP contribution is -2.40. The van der Waals surface area contributed by atoms with Gasteiger partial charge in [-0.2, -0.15) is 0 Å². The molecule has 1 aliphatic rings. The zero-order valence-electron chi connectivity index (χ0n) is 15.8. The molecule has 0 saturated carbocycles. The van der Waals surface area contributed by atoms with Crippen LogP contribution in [0.5, 0.6) is 0 Å². The number of para-hydroxylation sites is 1. The predicted octanol–water partition coefficient (Wildman–Crippen LogP) is 6.92. The molecule has 2 heterocycles. The summed E-state index contributed by atoms with van der Waals surface area (Å²) in [7, 11) is 0. The molecule has 0 aliphatic carbocycles. The van der Waals surface area contributed by atoms with Gasteiger partial charge in [0.15, 0.2) is 0 Å². The van der Waals surface area contributed by atoms with Crippen LogP contribution in [0.2, 0.25) is 15.1 Å². The largest absolute Gasteiger partial charge is 0.356 e. The molecule has 1 aromatic heterocycles. The van der Waals surface area contributed by atoms with E-state index < -0.39 is 0 Å². The molecule has 0 unspecified atom stereocenters. The van der Waals surface area contributed by atoms with Crippen LogP contribution in [0.15, 0.2) is 66.7 Å². The minimum atomic E-state index is -0.250. The van der Waals surface area contributed by atoms with Gasteiger partial charge in [0, 0.05) is 33.7 Å². The summed E-state index contributed by atoms with van der Waals surface area (Å²) in [4.78, 5) is 19.0. The lowest BCUT2D eigenvalue weighted by molar-refractivity contribution is 0.0692. The Hall–Kier alpha value is -2.46. The highest BCUT2D eigenvalue weighted by molar-refractivity contribution is 6.42. The van der Waals surface area contributed by atoms with Crippen LogP contribution in [0.3, 0.4) is 0 Å². The van der Waals surface area contributed by atoms with Crippen molar-refractivity contribution in [1.82, 2.24) is 9.88 Å². The van der Waals surface area contributed by atoms with E-state index >= 15 is 0 Å². The van der Waals surface area contributed by atoms with E-state index in [1.807, 2.05) is 41.3 Å². The molecule has 1 atom stereocenters. The van der Waals surface area contributed by atoms with Crippen LogP contribution >= 0.6 is 34.8 Å². The Kier molecular flexibility index (Phi) is 4.98. The molecule has 0 radical (unpaired) electrons. The highest BCUT2D eigenvalue weighted by Crippen LogP contribution is 2.39. The number of benzene rings is 3. The molecule has 1 aliphatic heterocycles. The number of amides is 1. The first kappa shape index (κ1) is 19.5. The molecule has 30 heavy (non-hydrogen) atoms. The Bertz CT molecular complexity index is 1260. The fourth-order valence-electron chi connectivity index (χ4n) is 4.25. The summed E-state index contributed by atoms with van der Waals surface area (Å²) in [5.74, 6) is -0.0853. The third kappa shape index (κ3) is 3.27. The highest BCUT2D eigenvalue weighted by atomic mass is 35.5. The zero-order chi connectivity index (χ0) is 20.8. The van der Waals surface area contributed by atoms with E-state index in [1.165, 1.54) is 10.9 Å². The van der Waals surface area contributed by atoms with Gasteiger partial charge in [-0.1, -0.05) is 65.1 Å². The fraction of sp³-hybridized carbons (Fsp3) is 0.125. The number of aromatic nitrogens is 1. The molecule has 150 valence electrons. The van der Waals surface area contributed by atoms with Gasteiger partial charge in [-0.25, -0.2) is 0 Å². The second kappa shape index (κ2) is 7.66. The molecule has 0 bridgehead atoms. The number of H-pyrrole nitrogens is 1. The Morgan fingerprint density at radius 2 is 1.70 bits per heavy atom. The van der Waals surface area contributed by atoms with E-state index in [9.17, 15) is 4.79 Å². The van der Waals surface area contributed by atoms with E-state index in [-0.39, 0.29) is 11.9 Å². The summed E-state index contributed by atoms with van der Waals surface area (Å²) in [5.41, 5.74) is 4.88. The van der Waals surface area contributed by atoms with Crippen molar-refractivity contribution in [2.24, 2.45) is 0 Å². The maximum Gasteiger partial charge on any atom is 0.254 e. The Balaban J connectivity index is 1.65. The first-order chi connectivity index (χ1) is 14.5. The van der Waals surface area contributed by atoms with Crippen LogP contribution in [0, 0.1) is 0 Å². The van der Waals surface area contributed by atoms with Crippen molar-refractivity contribution in [3.05, 3.63) is 104 Å². The summed E-state index contributed by atoms with van der Waals surface area (Å²) in [6.45, 7) is 0.598. The van der Waals surface area contributed by atoms with Gasteiger partial charge < -0.3 is 9.88 Å². The van der Waals surface area contributed by atoms with Crippen LogP contribution in [-0.4, -0.2) is 22.3 Å². The molecule has 4 aromatic rings. The SMILES string of the molecule is O=C(c1ccc(Cl)c(Cl)c1)N1CCc2c([nH]c3ccccc23)[C@@H]1c1ccc(Cl)cc1. The van der Waals surface area contributed by atoms with Crippen molar-refractivity contribution in [1.29, 1.82) is 0 Å². The Morgan fingerprint density at radius 3 is 2.47 bits per heavy atom. The predicted molar refractivity (Wildman–Crippen MR) is 123 cm³/mol. The molecule has 5 rings (SSSR count). The molecule has 0 saturated heterocycles. The molecule has 0 fully saturated rings. The van der Waals surface area contributed by atoms with E-state index in [0.29, 0.717) is 27.2 Å². The number of rotatable bonds is 2. The lowest BCUT2D eigenvalue weighted by atomic mass is 9.91. The van der Waals surface area contributed by atoms with Crippen molar-refractivity contribution >= 4 is 51.6 Å². The Morgan fingerprint density at radius 1 is 0.933 bits per heavy atom. The third-order valence-corrected chi connectivity index (χ3v) is 6.64. The van der Waals surface area contributed by atoms with Gasteiger partial charge in [0.25, 0.3) is 5.91 Å². The Labute approximate surface area is 189 Å². The molecular weight excluding hydrogens is 439 g/mol.